The van der Waals surface area contributed by atoms with Crippen molar-refractivity contribution in [3.05, 3.63) is 23.8 Å². The highest BCUT2D eigenvalue weighted by Gasteiger charge is 2.25. The number of carbonyl (C=O) groups is 1. The summed E-state index contributed by atoms with van der Waals surface area (Å²) in [6.45, 7) is 3.61. The van der Waals surface area contributed by atoms with Crippen molar-refractivity contribution < 1.29 is 4.79 Å². The molecule has 1 aromatic carbocycles. The van der Waals surface area contributed by atoms with Gasteiger partial charge >= 0.3 is 0 Å². The number of nitrogens with two attached hydrogens (primary N) is 1. The number of amides is 1. The average molecular weight is 287 g/mol. The third-order valence-electron chi connectivity index (χ3n) is 4.83. The van der Waals surface area contributed by atoms with E-state index < -0.39 is 0 Å². The van der Waals surface area contributed by atoms with E-state index in [0.717, 1.165) is 43.1 Å². The molecule has 0 atom stereocenters. The first-order chi connectivity index (χ1) is 10.1. The van der Waals surface area contributed by atoms with Crippen LogP contribution in [0.3, 0.4) is 0 Å². The van der Waals surface area contributed by atoms with Crippen LogP contribution in [-0.4, -0.2) is 25.0 Å². The van der Waals surface area contributed by atoms with E-state index in [0.29, 0.717) is 12.6 Å². The van der Waals surface area contributed by atoms with Crippen LogP contribution in [0.2, 0.25) is 0 Å². The first kappa shape index (κ1) is 14.2. The summed E-state index contributed by atoms with van der Waals surface area (Å²) < 4.78 is 0. The number of hydrogen-bond donors (Lipinski definition) is 2. The van der Waals surface area contributed by atoms with Gasteiger partial charge in [0.15, 0.2) is 0 Å². The average Bonchev–Trinajstić information content (AvgIpc) is 2.86. The van der Waals surface area contributed by atoms with Crippen LogP contribution >= 0.6 is 0 Å². The number of carbonyl (C=O) groups excluding carboxylic acids is 1. The van der Waals surface area contributed by atoms with Gasteiger partial charge in [0.05, 0.1) is 17.9 Å². The predicted octanol–water partition coefficient (Wildman–Crippen LogP) is 2.33. The maximum Gasteiger partial charge on any atom is 0.239 e. The molecule has 3 N–H and O–H groups in total. The van der Waals surface area contributed by atoms with E-state index in [1.54, 1.807) is 0 Å². The van der Waals surface area contributed by atoms with E-state index in [1.165, 1.54) is 18.4 Å². The summed E-state index contributed by atoms with van der Waals surface area (Å²) in [5, 5.41) is 3.20. The van der Waals surface area contributed by atoms with Crippen molar-refractivity contribution in [2.24, 2.45) is 5.92 Å². The molecule has 1 aromatic rings. The lowest BCUT2D eigenvalue weighted by molar-refractivity contribution is -0.120. The molecule has 1 aliphatic heterocycles. The lowest BCUT2D eigenvalue weighted by Gasteiger charge is -2.28. The minimum absolute atomic E-state index is 0.130. The Balaban J connectivity index is 1.57. The first-order valence-electron chi connectivity index (χ1n) is 8.05. The highest BCUT2D eigenvalue weighted by Crippen LogP contribution is 2.33. The van der Waals surface area contributed by atoms with Gasteiger partial charge in [-0.15, -0.1) is 0 Å². The second kappa shape index (κ2) is 5.96. The van der Waals surface area contributed by atoms with Crippen LogP contribution < -0.4 is 16.0 Å². The minimum Gasteiger partial charge on any atom is -0.397 e. The molecule has 0 spiro atoms. The smallest absolute Gasteiger partial charge is 0.239 e. The van der Waals surface area contributed by atoms with Gasteiger partial charge in [-0.25, -0.2) is 0 Å². The summed E-state index contributed by atoms with van der Waals surface area (Å²) in [7, 11) is 0. The lowest BCUT2D eigenvalue weighted by Crippen LogP contribution is -2.43. The molecular formula is C17H25N3O. The van der Waals surface area contributed by atoms with Crippen LogP contribution in [0.4, 0.5) is 11.4 Å². The molecule has 1 aliphatic carbocycles. The van der Waals surface area contributed by atoms with Gasteiger partial charge < -0.3 is 16.0 Å². The molecule has 1 amide bonds. The van der Waals surface area contributed by atoms with Gasteiger partial charge in [0.2, 0.25) is 5.91 Å². The molecule has 0 saturated heterocycles. The van der Waals surface area contributed by atoms with Gasteiger partial charge in [0.25, 0.3) is 0 Å². The molecule has 114 valence electrons. The SMILES string of the molecule is CC1CCC(NC(=O)CN2CCc3cccc(N)c32)CC1. The van der Waals surface area contributed by atoms with E-state index in [4.69, 9.17) is 5.73 Å². The van der Waals surface area contributed by atoms with Gasteiger partial charge in [-0.05, 0) is 49.7 Å². The fourth-order valence-corrected chi connectivity index (χ4v) is 3.58. The van der Waals surface area contributed by atoms with Gasteiger partial charge in [0.1, 0.15) is 0 Å². The van der Waals surface area contributed by atoms with Crippen molar-refractivity contribution in [1.82, 2.24) is 5.32 Å². The highest BCUT2D eigenvalue weighted by atomic mass is 16.2. The maximum absolute atomic E-state index is 12.3. The summed E-state index contributed by atoms with van der Waals surface area (Å²) in [6, 6.07) is 6.37. The zero-order chi connectivity index (χ0) is 14.8. The molecule has 0 aromatic heterocycles. The second-order valence-corrected chi connectivity index (χ2v) is 6.55. The molecule has 1 fully saturated rings. The van der Waals surface area contributed by atoms with Crippen LogP contribution in [0.25, 0.3) is 0 Å². The fourth-order valence-electron chi connectivity index (χ4n) is 3.58. The second-order valence-electron chi connectivity index (χ2n) is 6.55. The zero-order valence-corrected chi connectivity index (χ0v) is 12.8. The Morgan fingerprint density at radius 2 is 2.10 bits per heavy atom. The quantitative estimate of drug-likeness (QED) is 0.839. The van der Waals surface area contributed by atoms with Crippen molar-refractivity contribution >= 4 is 17.3 Å². The predicted molar refractivity (Wildman–Crippen MR) is 86.3 cm³/mol. The zero-order valence-electron chi connectivity index (χ0n) is 12.8. The van der Waals surface area contributed by atoms with E-state index in [1.807, 2.05) is 12.1 Å². The topological polar surface area (TPSA) is 58.4 Å². The van der Waals surface area contributed by atoms with Crippen molar-refractivity contribution in [1.29, 1.82) is 0 Å². The molecule has 1 saturated carbocycles. The molecule has 21 heavy (non-hydrogen) atoms. The van der Waals surface area contributed by atoms with Gasteiger partial charge in [-0.2, -0.15) is 0 Å². The summed E-state index contributed by atoms with van der Waals surface area (Å²) in [5.41, 5.74) is 9.16. The molecule has 1 heterocycles. The van der Waals surface area contributed by atoms with Crippen LogP contribution in [-0.2, 0) is 11.2 Å². The fraction of sp³-hybridized carbons (Fsp3) is 0.588. The summed E-state index contributed by atoms with van der Waals surface area (Å²) in [6.07, 6.45) is 5.67. The van der Waals surface area contributed by atoms with Crippen LogP contribution in [0.15, 0.2) is 18.2 Å². The largest absolute Gasteiger partial charge is 0.397 e. The van der Waals surface area contributed by atoms with Crippen LogP contribution in [0.1, 0.15) is 38.2 Å². The van der Waals surface area contributed by atoms with Gasteiger partial charge in [0, 0.05) is 12.6 Å². The number of hydrogen-bond acceptors (Lipinski definition) is 3. The van der Waals surface area contributed by atoms with Gasteiger partial charge in [-0.1, -0.05) is 19.1 Å². The van der Waals surface area contributed by atoms with Crippen molar-refractivity contribution in [2.45, 2.75) is 45.1 Å². The van der Waals surface area contributed by atoms with Crippen molar-refractivity contribution in [3.63, 3.8) is 0 Å². The van der Waals surface area contributed by atoms with Crippen LogP contribution in [0, 0.1) is 5.92 Å². The highest BCUT2D eigenvalue weighted by molar-refractivity contribution is 5.85. The molecule has 4 nitrogen and oxygen atoms in total. The molecule has 3 rings (SSSR count). The van der Waals surface area contributed by atoms with E-state index in [9.17, 15) is 4.79 Å². The Kier molecular flexibility index (Phi) is 4.04. The lowest BCUT2D eigenvalue weighted by atomic mass is 9.87. The Morgan fingerprint density at radius 1 is 1.33 bits per heavy atom. The monoisotopic (exact) mass is 287 g/mol. The molecular weight excluding hydrogens is 262 g/mol. The molecule has 2 aliphatic rings. The Morgan fingerprint density at radius 3 is 2.86 bits per heavy atom. The van der Waals surface area contributed by atoms with E-state index >= 15 is 0 Å². The third kappa shape index (κ3) is 3.14. The first-order valence-corrected chi connectivity index (χ1v) is 8.05. The van der Waals surface area contributed by atoms with Crippen LogP contribution in [0.5, 0.6) is 0 Å². The Labute approximate surface area is 126 Å². The Hall–Kier alpha value is -1.71. The number of nitrogens with zero attached hydrogens (tertiary/aromatic N) is 1. The van der Waals surface area contributed by atoms with E-state index in [-0.39, 0.29) is 5.91 Å². The number of para-hydroxylation sites is 1. The maximum atomic E-state index is 12.3. The third-order valence-corrected chi connectivity index (χ3v) is 4.83. The standard InChI is InChI=1S/C17H25N3O/c1-12-5-7-14(8-6-12)19-16(21)11-20-10-9-13-3-2-4-15(18)17(13)20/h2-4,12,14H,5-11,18H2,1H3,(H,19,21). The van der Waals surface area contributed by atoms with Crippen molar-refractivity contribution in [2.75, 3.05) is 23.7 Å². The summed E-state index contributed by atoms with van der Waals surface area (Å²) in [5.74, 6) is 0.939. The van der Waals surface area contributed by atoms with Gasteiger partial charge in [-0.3, -0.25) is 4.79 Å². The number of benzene rings is 1. The van der Waals surface area contributed by atoms with Crippen molar-refractivity contribution in [3.8, 4) is 0 Å². The number of nitrogens with one attached hydrogen (secondary N) is 1. The summed E-state index contributed by atoms with van der Waals surface area (Å²) >= 11 is 0. The molecule has 4 heteroatoms. The minimum atomic E-state index is 0.130. The van der Waals surface area contributed by atoms with E-state index in [2.05, 4.69) is 23.2 Å². The molecule has 0 unspecified atom stereocenters. The number of nitrogen functional groups attached to an aromatic ring is 1. The normalized spacial score (nSPS) is 24.7. The molecule has 0 bridgehead atoms. The number of fused-ring (bicyclic) bond motifs is 1. The molecule has 0 radical (unpaired) electrons. The summed E-state index contributed by atoms with van der Waals surface area (Å²) in [4.78, 5) is 14.4. The number of anilines is 2. The Bertz CT molecular complexity index is 521. The number of rotatable bonds is 3.